The van der Waals surface area contributed by atoms with Gasteiger partial charge in [-0.1, -0.05) is 43.2 Å². The number of benzene rings is 2. The van der Waals surface area contributed by atoms with Crippen LogP contribution < -0.4 is 0 Å². The van der Waals surface area contributed by atoms with Crippen LogP contribution in [-0.4, -0.2) is 46.3 Å². The van der Waals surface area contributed by atoms with E-state index < -0.39 is 0 Å². The lowest BCUT2D eigenvalue weighted by Gasteiger charge is -2.40. The molecule has 6 nitrogen and oxygen atoms in total. The second-order valence-electron chi connectivity index (χ2n) is 8.82. The van der Waals surface area contributed by atoms with Gasteiger partial charge in [0.15, 0.2) is 0 Å². The average molecular weight is 422 g/mol. The fourth-order valence-electron chi connectivity index (χ4n) is 5.10. The molecule has 1 amide bonds. The van der Waals surface area contributed by atoms with Crippen LogP contribution in [0, 0.1) is 16.0 Å². The Morgan fingerprint density at radius 1 is 0.903 bits per heavy atom. The van der Waals surface area contributed by atoms with Crippen molar-refractivity contribution in [2.24, 2.45) is 5.92 Å². The van der Waals surface area contributed by atoms with E-state index in [0.29, 0.717) is 12.0 Å². The lowest BCUT2D eigenvalue weighted by Crippen LogP contribution is -2.47. The van der Waals surface area contributed by atoms with Gasteiger partial charge >= 0.3 is 0 Å². The molecule has 0 aliphatic carbocycles. The van der Waals surface area contributed by atoms with Crippen LogP contribution in [0.1, 0.15) is 54.4 Å². The molecule has 2 aromatic carbocycles. The summed E-state index contributed by atoms with van der Waals surface area (Å²) in [6, 6.07) is 16.9. The summed E-state index contributed by atoms with van der Waals surface area (Å²) in [6.07, 6.45) is 6.78. The summed E-state index contributed by atoms with van der Waals surface area (Å²) < 4.78 is 0. The van der Waals surface area contributed by atoms with Crippen molar-refractivity contribution in [3.05, 3.63) is 75.8 Å². The molecule has 0 radical (unpaired) electrons. The van der Waals surface area contributed by atoms with Gasteiger partial charge in [0.25, 0.3) is 11.6 Å². The Morgan fingerprint density at radius 2 is 1.61 bits per heavy atom. The molecule has 1 atom stereocenters. The Labute approximate surface area is 184 Å². The van der Waals surface area contributed by atoms with Gasteiger partial charge < -0.3 is 4.90 Å². The maximum Gasteiger partial charge on any atom is 0.269 e. The van der Waals surface area contributed by atoms with Crippen LogP contribution in [-0.2, 0) is 6.54 Å². The second-order valence-corrected chi connectivity index (χ2v) is 8.82. The van der Waals surface area contributed by atoms with Crippen LogP contribution in [0.2, 0.25) is 0 Å². The summed E-state index contributed by atoms with van der Waals surface area (Å²) in [7, 11) is 0. The van der Waals surface area contributed by atoms with Crippen LogP contribution in [0.25, 0.3) is 0 Å². The number of carbonyl (C=O) groups is 1. The molecule has 2 aliphatic heterocycles. The van der Waals surface area contributed by atoms with Gasteiger partial charge in [0, 0.05) is 36.8 Å². The Hall–Kier alpha value is -2.73. The molecule has 0 bridgehead atoms. The lowest BCUT2D eigenvalue weighted by molar-refractivity contribution is -0.384. The molecule has 2 fully saturated rings. The molecular formula is C25H31N3O3. The zero-order chi connectivity index (χ0) is 21.6. The number of nitro groups is 1. The number of non-ortho nitro benzene ring substituents is 1. The van der Waals surface area contributed by atoms with Crippen molar-refractivity contribution in [1.82, 2.24) is 9.80 Å². The number of likely N-dealkylation sites (tertiary alicyclic amines) is 2. The second kappa shape index (κ2) is 10.1. The van der Waals surface area contributed by atoms with E-state index >= 15 is 0 Å². The van der Waals surface area contributed by atoms with Gasteiger partial charge in [-0.3, -0.25) is 19.8 Å². The number of amides is 1. The van der Waals surface area contributed by atoms with E-state index in [1.54, 1.807) is 12.1 Å². The highest BCUT2D eigenvalue weighted by molar-refractivity contribution is 5.94. The van der Waals surface area contributed by atoms with E-state index in [2.05, 4.69) is 9.80 Å². The molecule has 0 N–H and O–H groups in total. The number of hydrogen-bond donors (Lipinski definition) is 0. The smallest absolute Gasteiger partial charge is 0.269 e. The maximum atomic E-state index is 13.3. The number of rotatable bonds is 5. The van der Waals surface area contributed by atoms with Gasteiger partial charge in [-0.2, -0.15) is 0 Å². The van der Waals surface area contributed by atoms with E-state index in [1.165, 1.54) is 12.8 Å². The first-order valence-corrected chi connectivity index (χ1v) is 11.4. The average Bonchev–Trinajstić information content (AvgIpc) is 3.06. The van der Waals surface area contributed by atoms with Crippen LogP contribution in [0.15, 0.2) is 54.6 Å². The van der Waals surface area contributed by atoms with Gasteiger partial charge in [0.05, 0.1) is 4.92 Å². The third kappa shape index (κ3) is 5.31. The van der Waals surface area contributed by atoms with Gasteiger partial charge in [0.1, 0.15) is 0 Å². The summed E-state index contributed by atoms with van der Waals surface area (Å²) in [5.74, 6) is 0.722. The molecule has 2 aliphatic rings. The predicted molar refractivity (Wildman–Crippen MR) is 121 cm³/mol. The SMILES string of the molecule is O=C(c1ccccc1)N1CCCCCC1C1CCN(Cc2ccc([N+](=O)[O-])cc2)CC1. The minimum atomic E-state index is -0.357. The van der Waals surface area contributed by atoms with E-state index in [9.17, 15) is 14.9 Å². The summed E-state index contributed by atoms with van der Waals surface area (Å²) in [4.78, 5) is 28.3. The highest BCUT2D eigenvalue weighted by Crippen LogP contribution is 2.31. The standard InChI is InChI=1S/C25H31N3O3/c29-25(22-7-3-1-4-8-22)27-16-6-2-5-9-24(27)21-14-17-26(18-15-21)19-20-10-12-23(13-11-20)28(30)31/h1,3-4,7-8,10-13,21,24H,2,5-6,9,14-19H2. The van der Waals surface area contributed by atoms with Crippen molar-refractivity contribution >= 4 is 11.6 Å². The van der Waals surface area contributed by atoms with Crippen molar-refractivity contribution in [3.63, 3.8) is 0 Å². The number of piperidine rings is 1. The Balaban J connectivity index is 1.37. The van der Waals surface area contributed by atoms with Crippen LogP contribution >= 0.6 is 0 Å². The topological polar surface area (TPSA) is 66.7 Å². The quantitative estimate of drug-likeness (QED) is 0.509. The maximum absolute atomic E-state index is 13.3. The minimum Gasteiger partial charge on any atom is -0.335 e. The molecule has 2 saturated heterocycles. The fourth-order valence-corrected chi connectivity index (χ4v) is 5.10. The number of nitro benzene ring substituents is 1. The first-order chi connectivity index (χ1) is 15.1. The summed E-state index contributed by atoms with van der Waals surface area (Å²) >= 11 is 0. The number of hydrogen-bond acceptors (Lipinski definition) is 4. The molecular weight excluding hydrogens is 390 g/mol. The molecule has 4 rings (SSSR count). The van der Waals surface area contributed by atoms with Crippen molar-refractivity contribution in [2.45, 2.75) is 51.1 Å². The highest BCUT2D eigenvalue weighted by Gasteiger charge is 2.34. The van der Waals surface area contributed by atoms with Gasteiger partial charge in [-0.25, -0.2) is 0 Å². The Bertz CT molecular complexity index is 877. The molecule has 2 heterocycles. The third-order valence-electron chi connectivity index (χ3n) is 6.81. The third-order valence-corrected chi connectivity index (χ3v) is 6.81. The molecule has 0 saturated carbocycles. The van der Waals surface area contributed by atoms with Crippen LogP contribution in [0.5, 0.6) is 0 Å². The van der Waals surface area contributed by atoms with E-state index in [0.717, 1.165) is 63.0 Å². The van der Waals surface area contributed by atoms with E-state index in [1.807, 2.05) is 42.5 Å². The van der Waals surface area contributed by atoms with Crippen LogP contribution in [0.4, 0.5) is 5.69 Å². The van der Waals surface area contributed by atoms with Gasteiger partial charge in [-0.15, -0.1) is 0 Å². The molecule has 6 heteroatoms. The lowest BCUT2D eigenvalue weighted by atomic mass is 9.85. The molecule has 31 heavy (non-hydrogen) atoms. The Kier molecular flexibility index (Phi) is 6.97. The normalized spacial score (nSPS) is 20.9. The predicted octanol–water partition coefficient (Wildman–Crippen LogP) is 4.89. The number of nitrogens with zero attached hydrogens (tertiary/aromatic N) is 3. The van der Waals surface area contributed by atoms with Crippen LogP contribution in [0.3, 0.4) is 0 Å². The Morgan fingerprint density at radius 3 is 2.29 bits per heavy atom. The van der Waals surface area contributed by atoms with Gasteiger partial charge in [0.2, 0.25) is 0 Å². The summed E-state index contributed by atoms with van der Waals surface area (Å²) in [5.41, 5.74) is 2.04. The first-order valence-electron chi connectivity index (χ1n) is 11.4. The summed E-state index contributed by atoms with van der Waals surface area (Å²) in [5, 5.41) is 10.8. The number of carbonyl (C=O) groups excluding carboxylic acids is 1. The monoisotopic (exact) mass is 421 g/mol. The van der Waals surface area contributed by atoms with Crippen molar-refractivity contribution < 1.29 is 9.72 Å². The molecule has 1 unspecified atom stereocenters. The summed E-state index contributed by atoms with van der Waals surface area (Å²) in [6.45, 7) is 3.69. The fraction of sp³-hybridized carbons (Fsp3) is 0.480. The largest absolute Gasteiger partial charge is 0.335 e. The molecule has 164 valence electrons. The molecule has 2 aromatic rings. The minimum absolute atomic E-state index is 0.138. The van der Waals surface area contributed by atoms with Crippen molar-refractivity contribution in [1.29, 1.82) is 0 Å². The van der Waals surface area contributed by atoms with Crippen molar-refractivity contribution in [2.75, 3.05) is 19.6 Å². The van der Waals surface area contributed by atoms with E-state index in [-0.39, 0.29) is 16.5 Å². The first kappa shape index (κ1) is 21.5. The van der Waals surface area contributed by atoms with E-state index in [4.69, 9.17) is 0 Å². The zero-order valence-electron chi connectivity index (χ0n) is 18.0. The molecule has 0 aromatic heterocycles. The van der Waals surface area contributed by atoms with Crippen molar-refractivity contribution in [3.8, 4) is 0 Å². The highest BCUT2D eigenvalue weighted by atomic mass is 16.6. The zero-order valence-corrected chi connectivity index (χ0v) is 18.0. The molecule has 0 spiro atoms. The van der Waals surface area contributed by atoms with Gasteiger partial charge in [-0.05, 0) is 62.4 Å².